The summed E-state index contributed by atoms with van der Waals surface area (Å²) in [4.78, 5) is 26.6. The van der Waals surface area contributed by atoms with Gasteiger partial charge >= 0.3 is 12.0 Å². The van der Waals surface area contributed by atoms with Crippen LogP contribution in [0.25, 0.3) is 0 Å². The molecule has 2 bridgehead atoms. The molecule has 1 N–H and O–H groups in total. The van der Waals surface area contributed by atoms with E-state index in [4.69, 9.17) is 9.47 Å². The van der Waals surface area contributed by atoms with Crippen LogP contribution in [0.15, 0.2) is 42.5 Å². The van der Waals surface area contributed by atoms with E-state index in [1.54, 1.807) is 23.1 Å². The molecule has 2 heterocycles. The SMILES string of the molecule is CCc1ccccc1N1C(=O)NC2CC1(C)Oc1ccc(C(=O)OC)cc12. The molecular formula is C21H22N2O4. The van der Waals surface area contributed by atoms with Crippen LogP contribution in [0.2, 0.25) is 0 Å². The molecular weight excluding hydrogens is 344 g/mol. The van der Waals surface area contributed by atoms with Crippen molar-refractivity contribution in [1.82, 2.24) is 5.32 Å². The Labute approximate surface area is 158 Å². The quantitative estimate of drug-likeness (QED) is 0.839. The molecule has 0 radical (unpaired) electrons. The average molecular weight is 366 g/mol. The van der Waals surface area contributed by atoms with Crippen LogP contribution in [0.3, 0.4) is 0 Å². The number of ether oxygens (including phenoxy) is 2. The van der Waals surface area contributed by atoms with E-state index in [2.05, 4.69) is 12.2 Å². The van der Waals surface area contributed by atoms with Crippen molar-refractivity contribution in [2.45, 2.75) is 38.5 Å². The largest absolute Gasteiger partial charge is 0.467 e. The van der Waals surface area contributed by atoms with Gasteiger partial charge in [-0.05, 0) is 43.2 Å². The molecule has 2 aromatic carbocycles. The van der Waals surface area contributed by atoms with Crippen LogP contribution in [-0.4, -0.2) is 24.8 Å². The fourth-order valence-corrected chi connectivity index (χ4v) is 4.01. The van der Waals surface area contributed by atoms with Gasteiger partial charge in [-0.15, -0.1) is 0 Å². The molecule has 0 aliphatic carbocycles. The lowest BCUT2D eigenvalue weighted by Crippen LogP contribution is -2.65. The molecule has 0 spiro atoms. The number of methoxy groups -OCH3 is 1. The summed E-state index contributed by atoms with van der Waals surface area (Å²) < 4.78 is 11.1. The van der Waals surface area contributed by atoms with Crippen molar-refractivity contribution in [2.24, 2.45) is 0 Å². The number of aryl methyl sites for hydroxylation is 1. The third kappa shape index (κ3) is 2.72. The van der Waals surface area contributed by atoms with Gasteiger partial charge in [-0.1, -0.05) is 25.1 Å². The Bertz CT molecular complexity index is 926. The molecule has 0 saturated carbocycles. The lowest BCUT2D eigenvalue weighted by molar-refractivity contribution is 0.0376. The minimum Gasteiger partial charge on any atom is -0.467 e. The number of carbonyl (C=O) groups excluding carboxylic acids is 2. The van der Waals surface area contributed by atoms with Gasteiger partial charge in [0.15, 0.2) is 5.72 Å². The van der Waals surface area contributed by atoms with Gasteiger partial charge in [-0.25, -0.2) is 9.59 Å². The van der Waals surface area contributed by atoms with Gasteiger partial charge in [0.1, 0.15) is 5.75 Å². The zero-order valence-electron chi connectivity index (χ0n) is 15.6. The second-order valence-electron chi connectivity index (χ2n) is 7.05. The van der Waals surface area contributed by atoms with E-state index >= 15 is 0 Å². The number of amides is 2. The summed E-state index contributed by atoms with van der Waals surface area (Å²) in [6.45, 7) is 4.00. The number of fused-ring (bicyclic) bond motifs is 4. The van der Waals surface area contributed by atoms with Crippen LogP contribution >= 0.6 is 0 Å². The fourth-order valence-electron chi connectivity index (χ4n) is 4.01. The summed E-state index contributed by atoms with van der Waals surface area (Å²) in [5, 5.41) is 3.07. The summed E-state index contributed by atoms with van der Waals surface area (Å²) in [5.74, 6) is 0.257. The Balaban J connectivity index is 1.77. The van der Waals surface area contributed by atoms with E-state index in [1.807, 2.05) is 31.2 Å². The Morgan fingerprint density at radius 3 is 2.85 bits per heavy atom. The first kappa shape index (κ1) is 17.4. The van der Waals surface area contributed by atoms with Gasteiger partial charge in [0.05, 0.1) is 24.4 Å². The standard InChI is InChI=1S/C21H22N2O4/c1-4-13-7-5-6-8-17(13)23-20(25)22-16-12-21(23,2)27-18-10-9-14(11-15(16)18)19(24)26-3/h5-11,16H,4,12H2,1-3H3,(H,22,25). The maximum Gasteiger partial charge on any atom is 0.337 e. The highest BCUT2D eigenvalue weighted by Crippen LogP contribution is 2.46. The van der Waals surface area contributed by atoms with E-state index in [1.165, 1.54) is 7.11 Å². The Kier molecular flexibility index (Phi) is 4.06. The molecule has 2 atom stereocenters. The van der Waals surface area contributed by atoms with Crippen LogP contribution in [0.5, 0.6) is 5.75 Å². The Hall–Kier alpha value is -3.02. The van der Waals surface area contributed by atoms with Gasteiger partial charge in [-0.3, -0.25) is 4.90 Å². The molecule has 2 unspecified atom stereocenters. The van der Waals surface area contributed by atoms with E-state index in [0.717, 1.165) is 23.2 Å². The lowest BCUT2D eigenvalue weighted by Gasteiger charge is -2.51. The molecule has 1 saturated heterocycles. The van der Waals surface area contributed by atoms with Crippen molar-refractivity contribution in [1.29, 1.82) is 0 Å². The molecule has 1 fully saturated rings. The summed E-state index contributed by atoms with van der Waals surface area (Å²) in [6, 6.07) is 12.6. The van der Waals surface area contributed by atoms with E-state index in [0.29, 0.717) is 17.7 Å². The molecule has 4 rings (SSSR count). The second-order valence-corrected chi connectivity index (χ2v) is 7.05. The van der Waals surface area contributed by atoms with Gasteiger partial charge in [0.25, 0.3) is 0 Å². The first-order chi connectivity index (χ1) is 13.0. The van der Waals surface area contributed by atoms with Crippen molar-refractivity contribution >= 4 is 17.7 Å². The number of urea groups is 1. The minimum absolute atomic E-state index is 0.205. The highest BCUT2D eigenvalue weighted by molar-refractivity contribution is 5.96. The summed E-state index contributed by atoms with van der Waals surface area (Å²) in [5.41, 5.74) is 2.37. The second kappa shape index (κ2) is 6.30. The maximum atomic E-state index is 13.0. The topological polar surface area (TPSA) is 67.9 Å². The minimum atomic E-state index is -0.807. The number of nitrogens with one attached hydrogen (secondary N) is 1. The third-order valence-corrected chi connectivity index (χ3v) is 5.31. The van der Waals surface area contributed by atoms with Gasteiger partial charge in [0.2, 0.25) is 0 Å². The third-order valence-electron chi connectivity index (χ3n) is 5.31. The van der Waals surface area contributed by atoms with Crippen LogP contribution in [0.1, 0.15) is 47.8 Å². The monoisotopic (exact) mass is 366 g/mol. The predicted octanol–water partition coefficient (Wildman–Crippen LogP) is 3.81. The van der Waals surface area contributed by atoms with Crippen molar-refractivity contribution in [3.05, 3.63) is 59.2 Å². The Morgan fingerprint density at radius 2 is 2.11 bits per heavy atom. The van der Waals surface area contributed by atoms with E-state index < -0.39 is 11.7 Å². The van der Waals surface area contributed by atoms with Crippen molar-refractivity contribution in [3.63, 3.8) is 0 Å². The first-order valence-electron chi connectivity index (χ1n) is 9.06. The van der Waals surface area contributed by atoms with E-state index in [9.17, 15) is 9.59 Å². The van der Waals surface area contributed by atoms with Crippen molar-refractivity contribution in [2.75, 3.05) is 12.0 Å². The highest BCUT2D eigenvalue weighted by atomic mass is 16.5. The predicted molar refractivity (Wildman–Crippen MR) is 101 cm³/mol. The molecule has 140 valence electrons. The van der Waals surface area contributed by atoms with Crippen LogP contribution in [-0.2, 0) is 11.2 Å². The molecule has 27 heavy (non-hydrogen) atoms. The van der Waals surface area contributed by atoms with Crippen molar-refractivity contribution < 1.29 is 19.1 Å². The molecule has 6 heteroatoms. The normalized spacial score (nSPS) is 23.1. The van der Waals surface area contributed by atoms with Gasteiger partial charge in [0, 0.05) is 12.0 Å². The molecule has 0 aromatic heterocycles. The summed E-state index contributed by atoms with van der Waals surface area (Å²) >= 11 is 0. The Morgan fingerprint density at radius 1 is 1.33 bits per heavy atom. The number of nitrogens with zero attached hydrogens (tertiary/aromatic N) is 1. The van der Waals surface area contributed by atoms with Gasteiger partial charge < -0.3 is 14.8 Å². The molecule has 2 aliphatic rings. The lowest BCUT2D eigenvalue weighted by atomic mass is 9.89. The molecule has 6 nitrogen and oxygen atoms in total. The van der Waals surface area contributed by atoms with Crippen LogP contribution in [0, 0.1) is 0 Å². The number of hydrogen-bond acceptors (Lipinski definition) is 4. The fraction of sp³-hybridized carbons (Fsp3) is 0.333. The number of para-hydroxylation sites is 1. The number of carbonyl (C=O) groups is 2. The maximum absolute atomic E-state index is 13.0. The van der Waals surface area contributed by atoms with Crippen LogP contribution < -0.4 is 15.0 Å². The number of rotatable bonds is 3. The number of anilines is 1. The molecule has 2 aromatic rings. The smallest absolute Gasteiger partial charge is 0.337 e. The van der Waals surface area contributed by atoms with Crippen molar-refractivity contribution in [3.8, 4) is 5.75 Å². The van der Waals surface area contributed by atoms with E-state index in [-0.39, 0.29) is 12.1 Å². The number of hydrogen-bond donors (Lipinski definition) is 1. The first-order valence-corrected chi connectivity index (χ1v) is 9.06. The molecule has 2 amide bonds. The number of esters is 1. The zero-order chi connectivity index (χ0) is 19.2. The summed E-state index contributed by atoms with van der Waals surface area (Å²) in [7, 11) is 1.35. The highest BCUT2D eigenvalue weighted by Gasteiger charge is 2.50. The molecule has 2 aliphatic heterocycles. The summed E-state index contributed by atoms with van der Waals surface area (Å²) in [6.07, 6.45) is 1.40. The van der Waals surface area contributed by atoms with Gasteiger partial charge in [-0.2, -0.15) is 0 Å². The van der Waals surface area contributed by atoms with Crippen LogP contribution in [0.4, 0.5) is 10.5 Å². The average Bonchev–Trinajstić information content (AvgIpc) is 2.66. The number of benzene rings is 2. The zero-order valence-corrected chi connectivity index (χ0v) is 15.6.